The van der Waals surface area contributed by atoms with Crippen LogP contribution in [0.25, 0.3) is 82.8 Å². The van der Waals surface area contributed by atoms with Gasteiger partial charge in [0.15, 0.2) is 0 Å². The van der Waals surface area contributed by atoms with Crippen LogP contribution < -0.4 is 20.6 Å². The second-order valence-electron chi connectivity index (χ2n) is 19.7. The van der Waals surface area contributed by atoms with E-state index in [1.165, 1.54) is 88.5 Å². The van der Waals surface area contributed by atoms with Crippen LogP contribution >= 0.6 is 0 Å². The Hall–Kier alpha value is -8.54. The van der Waals surface area contributed by atoms with E-state index in [1.807, 2.05) is 0 Å². The number of para-hydroxylation sites is 4. The molecule has 0 atom stereocenters. The van der Waals surface area contributed by atoms with E-state index in [9.17, 15) is 0 Å². The Morgan fingerprint density at radius 1 is 0.478 bits per heavy atom. The Balaban J connectivity index is 1.09. The van der Waals surface area contributed by atoms with Crippen molar-refractivity contribution in [2.45, 2.75) is 26.2 Å². The highest BCUT2D eigenvalue weighted by atomic mass is 16.3. The first-order valence-corrected chi connectivity index (χ1v) is 24.1. The van der Waals surface area contributed by atoms with Gasteiger partial charge < -0.3 is 18.7 Å². The smallest absolute Gasteiger partial charge is 0.333 e. The first-order valence-electron chi connectivity index (χ1n) is 24.1. The summed E-state index contributed by atoms with van der Waals surface area (Å²) in [6.07, 6.45) is 0. The largest absolute Gasteiger partial charge is 0.456 e. The molecule has 4 nitrogen and oxygen atoms in total. The van der Waals surface area contributed by atoms with E-state index < -0.39 is 0 Å². The number of aromatic nitrogens is 1. The zero-order valence-corrected chi connectivity index (χ0v) is 38.5. The molecule has 0 fully saturated rings. The van der Waals surface area contributed by atoms with Gasteiger partial charge >= 0.3 is 6.85 Å². The van der Waals surface area contributed by atoms with Crippen LogP contribution in [0.1, 0.15) is 30.5 Å². The van der Waals surface area contributed by atoms with Gasteiger partial charge in [0.1, 0.15) is 11.2 Å². The average Bonchev–Trinajstić information content (AvgIpc) is 4.01. The van der Waals surface area contributed by atoms with E-state index in [1.54, 1.807) is 0 Å². The van der Waals surface area contributed by atoms with Crippen molar-refractivity contribution in [2.24, 2.45) is 0 Å². The Morgan fingerprint density at radius 2 is 1.16 bits per heavy atom. The molecule has 0 spiro atoms. The highest BCUT2D eigenvalue weighted by Gasteiger charge is 2.45. The topological polar surface area (TPSA) is 24.6 Å². The molecule has 0 saturated carbocycles. The number of hydrogen-bond acceptors (Lipinski definition) is 3. The van der Waals surface area contributed by atoms with E-state index in [0.717, 1.165) is 50.4 Å². The monoisotopic (exact) mass is 881 g/mol. The highest BCUT2D eigenvalue weighted by molar-refractivity contribution is 6.94. The molecule has 2 aromatic heterocycles. The van der Waals surface area contributed by atoms with Crippen LogP contribution in [0.15, 0.2) is 217 Å². The Morgan fingerprint density at radius 3 is 1.96 bits per heavy atom. The van der Waals surface area contributed by atoms with E-state index in [2.05, 4.69) is 247 Å². The van der Waals surface area contributed by atoms with Gasteiger partial charge in [0.2, 0.25) is 0 Å². The van der Waals surface area contributed by atoms with Crippen molar-refractivity contribution in [3.05, 3.63) is 229 Å². The number of fused-ring (bicyclic) bond motifs is 14. The van der Waals surface area contributed by atoms with Crippen LogP contribution in [0, 0.1) is 6.92 Å². The summed E-state index contributed by atoms with van der Waals surface area (Å²) in [7, 11) is 0. The van der Waals surface area contributed by atoms with Crippen LogP contribution in [-0.2, 0) is 5.41 Å². The lowest BCUT2D eigenvalue weighted by Crippen LogP contribution is -2.60. The number of aryl methyl sites for hydroxylation is 1. The quantitative estimate of drug-likeness (QED) is 0.161. The minimum absolute atomic E-state index is 0.140. The summed E-state index contributed by atoms with van der Waals surface area (Å²) < 4.78 is 9.37. The van der Waals surface area contributed by atoms with Crippen LogP contribution in [0.3, 0.4) is 0 Å². The minimum Gasteiger partial charge on any atom is -0.456 e. The van der Waals surface area contributed by atoms with Gasteiger partial charge in [-0.3, -0.25) is 0 Å². The molecule has 3 aliphatic rings. The fourth-order valence-corrected chi connectivity index (χ4v) is 12.5. The summed E-state index contributed by atoms with van der Waals surface area (Å²) >= 11 is 0. The normalized spacial score (nSPS) is 13.8. The van der Waals surface area contributed by atoms with E-state index in [0.29, 0.717) is 0 Å². The van der Waals surface area contributed by atoms with Gasteiger partial charge in [-0.15, -0.1) is 0 Å². The molecular formula is C64H44BN3O. The standard InChI is InChI=1S/C64H44BN3O/c1-39-26-29-43(30-27-39)68-57-35-44(66(41-16-6-4-7-17-41)42-18-8-5-9-19-42)31-33-47(57)52-36-50(40-28-32-46-45-20-10-13-23-53(45)64(2,3)54(46)34-40)61-49-22-11-14-24-56(49)67-58-37-51-48-21-12-15-25-59(48)69-60(51)38-55(58)65(68)62(52)63(61)67/h4-38H,1-3H3. The lowest BCUT2D eigenvalue weighted by molar-refractivity contribution is 0.660. The van der Waals surface area contributed by atoms with Crippen molar-refractivity contribution in [1.82, 2.24) is 4.57 Å². The summed E-state index contributed by atoms with van der Waals surface area (Å²) in [4.78, 5) is 5.00. The molecule has 4 heterocycles. The predicted molar refractivity (Wildman–Crippen MR) is 290 cm³/mol. The zero-order valence-electron chi connectivity index (χ0n) is 38.5. The van der Waals surface area contributed by atoms with Gasteiger partial charge in [0, 0.05) is 66.6 Å². The van der Waals surface area contributed by atoms with E-state index in [4.69, 9.17) is 4.42 Å². The molecule has 12 aromatic rings. The molecule has 1 aliphatic carbocycles. The van der Waals surface area contributed by atoms with Gasteiger partial charge in [-0.25, -0.2) is 0 Å². The summed E-state index contributed by atoms with van der Waals surface area (Å²) in [6, 6.07) is 78.8. The average molecular weight is 882 g/mol. The van der Waals surface area contributed by atoms with Crippen LogP contribution in [0.5, 0.6) is 0 Å². The third kappa shape index (κ3) is 5.30. The van der Waals surface area contributed by atoms with Crippen molar-refractivity contribution >= 4 is 90.0 Å². The van der Waals surface area contributed by atoms with E-state index >= 15 is 0 Å². The van der Waals surface area contributed by atoms with Crippen LogP contribution in [0.2, 0.25) is 0 Å². The molecule has 0 bridgehead atoms. The molecule has 0 N–H and O–H groups in total. The lowest BCUT2D eigenvalue weighted by Gasteiger charge is -2.42. The van der Waals surface area contributed by atoms with Gasteiger partial charge in [0.25, 0.3) is 0 Å². The number of rotatable bonds is 5. The molecule has 324 valence electrons. The number of anilines is 5. The third-order valence-electron chi connectivity index (χ3n) is 15.6. The zero-order chi connectivity index (χ0) is 45.7. The van der Waals surface area contributed by atoms with Gasteiger partial charge in [-0.1, -0.05) is 147 Å². The SMILES string of the molecule is Cc1ccc(N2B3c4cc5oc6ccccc6c5cc4-n4c5ccccc5c5c(-c6ccc7c(c6)C(C)(C)c6ccccc6-7)cc(c3c54)-c3ccc(N(c4ccccc4)c4ccccc4)cc32)cc1. The third-order valence-corrected chi connectivity index (χ3v) is 15.6. The number of benzene rings is 10. The van der Waals surface area contributed by atoms with Crippen molar-refractivity contribution in [3.8, 4) is 39.1 Å². The second kappa shape index (κ2) is 14.0. The summed E-state index contributed by atoms with van der Waals surface area (Å²) in [5, 5.41) is 4.79. The van der Waals surface area contributed by atoms with E-state index in [-0.39, 0.29) is 12.3 Å². The Kier molecular flexibility index (Phi) is 7.83. The maximum absolute atomic E-state index is 6.78. The second-order valence-corrected chi connectivity index (χ2v) is 19.7. The fourth-order valence-electron chi connectivity index (χ4n) is 12.5. The van der Waals surface area contributed by atoms with Crippen LogP contribution in [-0.4, -0.2) is 11.4 Å². The molecule has 2 aliphatic heterocycles. The van der Waals surface area contributed by atoms with Crippen molar-refractivity contribution in [2.75, 3.05) is 9.71 Å². The Labute approximate surface area is 401 Å². The minimum atomic E-state index is -0.193. The fraction of sp³-hybridized carbons (Fsp3) is 0.0625. The molecule has 10 aromatic carbocycles. The first kappa shape index (κ1) is 38.6. The lowest BCUT2D eigenvalue weighted by atomic mass is 9.43. The molecule has 0 radical (unpaired) electrons. The number of furan rings is 1. The number of hydrogen-bond donors (Lipinski definition) is 0. The molecule has 0 saturated heterocycles. The molecular weight excluding hydrogens is 838 g/mol. The molecule has 69 heavy (non-hydrogen) atoms. The predicted octanol–water partition coefficient (Wildman–Crippen LogP) is 15.7. The molecule has 0 amide bonds. The molecule has 15 rings (SSSR count). The van der Waals surface area contributed by atoms with Gasteiger partial charge in [0.05, 0.1) is 11.0 Å². The molecule has 0 unspecified atom stereocenters. The van der Waals surface area contributed by atoms with Crippen molar-refractivity contribution in [3.63, 3.8) is 0 Å². The van der Waals surface area contributed by atoms with Crippen molar-refractivity contribution < 1.29 is 4.42 Å². The van der Waals surface area contributed by atoms with Crippen LogP contribution in [0.4, 0.5) is 28.4 Å². The van der Waals surface area contributed by atoms with Crippen molar-refractivity contribution in [1.29, 1.82) is 0 Å². The maximum atomic E-state index is 6.78. The molecule has 5 heteroatoms. The summed E-state index contributed by atoms with van der Waals surface area (Å²) in [5.41, 5.74) is 25.0. The van der Waals surface area contributed by atoms with Gasteiger partial charge in [-0.05, 0) is 142 Å². The Bertz CT molecular complexity index is 4090. The van der Waals surface area contributed by atoms with Gasteiger partial charge in [-0.2, -0.15) is 0 Å². The summed E-state index contributed by atoms with van der Waals surface area (Å²) in [6.45, 7) is 6.76. The first-order chi connectivity index (χ1) is 33.9. The highest BCUT2D eigenvalue weighted by Crippen LogP contribution is 2.53. The number of nitrogens with zero attached hydrogens (tertiary/aromatic N) is 3. The maximum Gasteiger partial charge on any atom is 0.333 e. The summed E-state index contributed by atoms with van der Waals surface area (Å²) in [5.74, 6) is 0.